The van der Waals surface area contributed by atoms with Gasteiger partial charge in [-0.1, -0.05) is 23.8 Å². The first kappa shape index (κ1) is 21.5. The molecule has 1 fully saturated rings. The molecular formula is C22H29N7OS2. The van der Waals surface area contributed by atoms with Gasteiger partial charge in [0.2, 0.25) is 5.13 Å². The monoisotopic (exact) mass is 471 g/mol. The van der Waals surface area contributed by atoms with Crippen LogP contribution >= 0.6 is 23.6 Å². The van der Waals surface area contributed by atoms with E-state index in [1.807, 2.05) is 28.9 Å². The molecule has 8 nitrogen and oxygen atoms in total. The fourth-order valence-electron chi connectivity index (χ4n) is 4.66. The minimum atomic E-state index is 0.422. The molecule has 1 saturated heterocycles. The third kappa shape index (κ3) is 4.72. The highest BCUT2D eigenvalue weighted by atomic mass is 32.1. The highest BCUT2D eigenvalue weighted by molar-refractivity contribution is 7.73. The topological polar surface area (TPSA) is 73.0 Å². The van der Waals surface area contributed by atoms with Gasteiger partial charge < -0.3 is 14.6 Å². The molecule has 10 heteroatoms. The van der Waals surface area contributed by atoms with Crippen molar-refractivity contribution in [2.45, 2.75) is 57.7 Å². The molecule has 170 valence electrons. The van der Waals surface area contributed by atoms with Gasteiger partial charge in [-0.05, 0) is 56.6 Å². The van der Waals surface area contributed by atoms with Crippen molar-refractivity contribution in [1.29, 1.82) is 0 Å². The lowest BCUT2D eigenvalue weighted by molar-refractivity contribution is 0.153. The number of aromatic nitrogens is 5. The van der Waals surface area contributed by atoms with Crippen LogP contribution in [-0.4, -0.2) is 49.6 Å². The van der Waals surface area contributed by atoms with Crippen LogP contribution < -0.4 is 10.1 Å². The van der Waals surface area contributed by atoms with E-state index in [-0.39, 0.29) is 0 Å². The van der Waals surface area contributed by atoms with Crippen molar-refractivity contribution in [3.05, 3.63) is 39.9 Å². The summed E-state index contributed by atoms with van der Waals surface area (Å²) in [6.45, 7) is 3.78. The third-order valence-electron chi connectivity index (χ3n) is 6.27. The predicted octanol–water partition coefficient (Wildman–Crippen LogP) is 4.58. The number of benzene rings is 1. The third-order valence-corrected chi connectivity index (χ3v) is 7.49. The first-order valence-electron chi connectivity index (χ1n) is 11.3. The van der Waals surface area contributed by atoms with E-state index in [1.54, 1.807) is 7.11 Å². The fraction of sp³-hybridized carbons (Fsp3) is 0.545. The average molecular weight is 472 g/mol. The molecule has 2 aromatic heterocycles. The zero-order valence-electron chi connectivity index (χ0n) is 18.4. The van der Waals surface area contributed by atoms with E-state index in [1.165, 1.54) is 48.7 Å². The highest BCUT2D eigenvalue weighted by Gasteiger charge is 2.27. The Balaban J connectivity index is 1.26. The molecule has 4 heterocycles. The Morgan fingerprint density at radius 3 is 3.03 bits per heavy atom. The molecule has 3 aromatic rings. The Bertz CT molecular complexity index is 1120. The normalized spacial score (nSPS) is 19.3. The van der Waals surface area contributed by atoms with Gasteiger partial charge >= 0.3 is 0 Å². The van der Waals surface area contributed by atoms with E-state index in [4.69, 9.17) is 22.1 Å². The van der Waals surface area contributed by atoms with Crippen LogP contribution in [0.1, 0.15) is 49.7 Å². The van der Waals surface area contributed by atoms with Gasteiger partial charge in [0, 0.05) is 37.2 Å². The van der Waals surface area contributed by atoms with Gasteiger partial charge in [0.15, 0.2) is 3.95 Å². The van der Waals surface area contributed by atoms with Gasteiger partial charge in [-0.15, -0.1) is 15.3 Å². The number of rotatable bonds is 6. The van der Waals surface area contributed by atoms with Crippen molar-refractivity contribution in [1.82, 2.24) is 29.4 Å². The van der Waals surface area contributed by atoms with Crippen LogP contribution in [-0.2, 0) is 19.6 Å². The maximum absolute atomic E-state index is 5.61. The summed E-state index contributed by atoms with van der Waals surface area (Å²) in [5.74, 6) is 3.58. The Kier molecular flexibility index (Phi) is 6.52. The van der Waals surface area contributed by atoms with Crippen molar-refractivity contribution in [3.63, 3.8) is 0 Å². The van der Waals surface area contributed by atoms with Gasteiger partial charge in [0.25, 0.3) is 0 Å². The predicted molar refractivity (Wildman–Crippen MR) is 128 cm³/mol. The van der Waals surface area contributed by atoms with Crippen molar-refractivity contribution in [2.24, 2.45) is 0 Å². The van der Waals surface area contributed by atoms with Gasteiger partial charge in [-0.25, -0.2) is 4.68 Å². The van der Waals surface area contributed by atoms with Gasteiger partial charge in [0.05, 0.1) is 13.8 Å². The maximum Gasteiger partial charge on any atom is 0.209 e. The number of hydrogen-bond acceptors (Lipinski definition) is 8. The number of methoxy groups -OCH3 is 1. The molecule has 1 aromatic carbocycles. The summed E-state index contributed by atoms with van der Waals surface area (Å²) in [7, 11) is 1.67. The summed E-state index contributed by atoms with van der Waals surface area (Å²) >= 11 is 7.10. The Labute approximate surface area is 197 Å². The van der Waals surface area contributed by atoms with Crippen LogP contribution in [0.2, 0.25) is 0 Å². The Morgan fingerprint density at radius 1 is 1.19 bits per heavy atom. The summed E-state index contributed by atoms with van der Waals surface area (Å²) in [5, 5.41) is 18.0. The number of anilines is 2. The molecule has 2 aliphatic heterocycles. The molecule has 0 saturated carbocycles. The molecule has 1 N–H and O–H groups in total. The largest absolute Gasteiger partial charge is 0.497 e. The van der Waals surface area contributed by atoms with Crippen LogP contribution in [0, 0.1) is 3.95 Å². The molecule has 0 radical (unpaired) electrons. The number of hydrogen-bond donors (Lipinski definition) is 1. The lowest BCUT2D eigenvalue weighted by Gasteiger charge is -2.32. The Hall–Kier alpha value is -2.30. The summed E-state index contributed by atoms with van der Waals surface area (Å²) in [6.07, 6.45) is 7.11. The van der Waals surface area contributed by atoms with Crippen molar-refractivity contribution >= 4 is 34.4 Å². The van der Waals surface area contributed by atoms with E-state index in [9.17, 15) is 0 Å². The molecule has 5 rings (SSSR count). The summed E-state index contributed by atoms with van der Waals surface area (Å²) in [6, 6.07) is 7.82. The lowest BCUT2D eigenvalue weighted by atomic mass is 9.97. The van der Waals surface area contributed by atoms with E-state index in [2.05, 4.69) is 25.0 Å². The number of aryl methyl sites for hydroxylation is 1. The van der Waals surface area contributed by atoms with Crippen LogP contribution in [0.15, 0.2) is 24.3 Å². The highest BCUT2D eigenvalue weighted by Crippen LogP contribution is 2.29. The van der Waals surface area contributed by atoms with Crippen LogP contribution in [0.3, 0.4) is 0 Å². The van der Waals surface area contributed by atoms with Gasteiger partial charge in [-0.2, -0.15) is 0 Å². The molecule has 0 spiro atoms. The molecule has 32 heavy (non-hydrogen) atoms. The second-order valence-corrected chi connectivity index (χ2v) is 10.1. The SMILES string of the molecule is COc1cccc(Nc2nn(CN3CCC[C@H](c4nnc5n4CCCCC5)C3)c(=S)s2)c1. The summed E-state index contributed by atoms with van der Waals surface area (Å²) in [5.41, 5.74) is 0.936. The number of likely N-dealkylation sites (tertiary alicyclic amines) is 1. The van der Waals surface area contributed by atoms with E-state index >= 15 is 0 Å². The molecule has 0 unspecified atom stereocenters. The minimum Gasteiger partial charge on any atom is -0.497 e. The number of ether oxygens (including phenoxy) is 1. The maximum atomic E-state index is 5.61. The molecular weight excluding hydrogens is 442 g/mol. The molecule has 0 bridgehead atoms. The van der Waals surface area contributed by atoms with Gasteiger partial charge in [0.1, 0.15) is 17.4 Å². The van der Waals surface area contributed by atoms with E-state index in [0.29, 0.717) is 12.6 Å². The standard InChI is InChI=1S/C22H29N7OS2/c1-30-18-9-5-8-17(13-18)23-21-26-29(22(31)32-21)15-27-11-6-7-16(14-27)20-25-24-19-10-3-2-4-12-28(19)20/h5,8-9,13,16H,2-4,6-7,10-12,14-15H2,1H3,(H,23,26)/t16-/m0/s1. The molecule has 1 atom stereocenters. The van der Waals surface area contributed by atoms with Crippen LogP contribution in [0.25, 0.3) is 0 Å². The smallest absolute Gasteiger partial charge is 0.209 e. The zero-order chi connectivity index (χ0) is 21.9. The van der Waals surface area contributed by atoms with E-state index in [0.717, 1.165) is 53.0 Å². The van der Waals surface area contributed by atoms with Gasteiger partial charge in [-0.3, -0.25) is 4.90 Å². The van der Waals surface area contributed by atoms with Crippen molar-refractivity contribution in [2.75, 3.05) is 25.5 Å². The second-order valence-electron chi connectivity index (χ2n) is 8.52. The lowest BCUT2D eigenvalue weighted by Crippen LogP contribution is -2.37. The van der Waals surface area contributed by atoms with Crippen molar-refractivity contribution in [3.8, 4) is 5.75 Å². The number of piperidine rings is 1. The summed E-state index contributed by atoms with van der Waals surface area (Å²) < 4.78 is 10.4. The zero-order valence-corrected chi connectivity index (χ0v) is 20.0. The number of nitrogens with one attached hydrogen (secondary N) is 1. The first-order chi connectivity index (χ1) is 15.7. The van der Waals surface area contributed by atoms with Crippen LogP contribution in [0.5, 0.6) is 5.75 Å². The summed E-state index contributed by atoms with van der Waals surface area (Å²) in [4.78, 5) is 2.44. The number of fused-ring (bicyclic) bond motifs is 1. The first-order valence-corrected chi connectivity index (χ1v) is 12.6. The van der Waals surface area contributed by atoms with Crippen molar-refractivity contribution < 1.29 is 4.74 Å². The minimum absolute atomic E-state index is 0.422. The molecule has 0 aliphatic carbocycles. The fourth-order valence-corrected chi connectivity index (χ4v) is 5.68. The second kappa shape index (κ2) is 9.68. The molecule has 2 aliphatic rings. The molecule has 0 amide bonds. The number of nitrogens with zero attached hydrogens (tertiary/aromatic N) is 6. The average Bonchev–Trinajstić information content (AvgIpc) is 3.27. The van der Waals surface area contributed by atoms with E-state index < -0.39 is 0 Å². The Morgan fingerprint density at radius 2 is 2.12 bits per heavy atom. The quantitative estimate of drug-likeness (QED) is 0.528. The van der Waals surface area contributed by atoms with Crippen LogP contribution in [0.4, 0.5) is 10.8 Å².